The molecule has 0 saturated heterocycles. The average Bonchev–Trinajstić information content (AvgIpc) is 2.81. The lowest BCUT2D eigenvalue weighted by molar-refractivity contribution is 0.177. The summed E-state index contributed by atoms with van der Waals surface area (Å²) in [5.41, 5.74) is 1.96. The molecule has 2 rings (SSSR count). The summed E-state index contributed by atoms with van der Waals surface area (Å²) in [6.07, 6.45) is 4.58. The van der Waals surface area contributed by atoms with Crippen LogP contribution in [0.2, 0.25) is 0 Å². The van der Waals surface area contributed by atoms with E-state index < -0.39 is 0 Å². The van der Waals surface area contributed by atoms with E-state index >= 15 is 0 Å². The van der Waals surface area contributed by atoms with Crippen LogP contribution in [0.15, 0.2) is 24.5 Å². The molecule has 2 aromatic rings. The van der Waals surface area contributed by atoms with Crippen molar-refractivity contribution >= 4 is 5.52 Å². The maximum Gasteiger partial charge on any atom is 0.178 e. The number of ether oxygens (including phenoxy) is 1. The number of methoxy groups -OCH3 is 1. The van der Waals surface area contributed by atoms with Gasteiger partial charge in [0.25, 0.3) is 0 Å². The third-order valence-electron chi connectivity index (χ3n) is 3.98. The molecule has 3 nitrogen and oxygen atoms in total. The highest BCUT2D eigenvalue weighted by molar-refractivity contribution is 5.66. The van der Waals surface area contributed by atoms with E-state index in [9.17, 15) is 4.39 Å². The average molecular weight is 292 g/mol. The monoisotopic (exact) mass is 292 g/mol. The van der Waals surface area contributed by atoms with E-state index in [1.165, 1.54) is 13.2 Å². The normalized spacial score (nSPS) is 12.0. The van der Waals surface area contributed by atoms with Gasteiger partial charge in [-0.15, -0.1) is 0 Å². The topological polar surface area (TPSA) is 16.9 Å². The Morgan fingerprint density at radius 1 is 1.14 bits per heavy atom. The molecule has 0 bridgehead atoms. The molecule has 0 saturated carbocycles. The van der Waals surface area contributed by atoms with Gasteiger partial charge in [-0.2, -0.15) is 0 Å². The SMILES string of the molecule is COc1c(F)ccn2ccc(CCN(C(C)C)C(C)C)c12. The van der Waals surface area contributed by atoms with Crippen molar-refractivity contribution < 1.29 is 9.13 Å². The second-order valence-corrected chi connectivity index (χ2v) is 5.97. The van der Waals surface area contributed by atoms with E-state index in [2.05, 4.69) is 38.7 Å². The van der Waals surface area contributed by atoms with E-state index in [1.807, 2.05) is 10.6 Å². The highest BCUT2D eigenvalue weighted by atomic mass is 19.1. The molecule has 2 aromatic heterocycles. The van der Waals surface area contributed by atoms with E-state index in [1.54, 1.807) is 6.20 Å². The second kappa shape index (κ2) is 6.48. The van der Waals surface area contributed by atoms with Crippen LogP contribution in [0.1, 0.15) is 33.3 Å². The van der Waals surface area contributed by atoms with Crippen LogP contribution in [-0.4, -0.2) is 35.0 Å². The molecule has 0 unspecified atom stereocenters. The van der Waals surface area contributed by atoms with Crippen molar-refractivity contribution in [2.45, 2.75) is 46.2 Å². The molecule has 0 fully saturated rings. The van der Waals surface area contributed by atoms with Gasteiger partial charge in [0.1, 0.15) is 0 Å². The zero-order valence-electron chi connectivity index (χ0n) is 13.6. The molecular weight excluding hydrogens is 267 g/mol. The summed E-state index contributed by atoms with van der Waals surface area (Å²) in [5, 5.41) is 0. The summed E-state index contributed by atoms with van der Waals surface area (Å²) in [4.78, 5) is 2.44. The molecule has 0 aliphatic heterocycles. The minimum absolute atomic E-state index is 0.311. The van der Waals surface area contributed by atoms with Crippen LogP contribution in [-0.2, 0) is 6.42 Å². The van der Waals surface area contributed by atoms with Crippen LogP contribution >= 0.6 is 0 Å². The Kier molecular flexibility index (Phi) is 4.88. The fourth-order valence-electron chi connectivity index (χ4n) is 2.97. The van der Waals surface area contributed by atoms with Crippen LogP contribution in [0.25, 0.3) is 5.52 Å². The summed E-state index contributed by atoms with van der Waals surface area (Å²) in [7, 11) is 1.52. The Balaban J connectivity index is 2.29. The summed E-state index contributed by atoms with van der Waals surface area (Å²) >= 11 is 0. The molecule has 4 heteroatoms. The number of aromatic nitrogens is 1. The van der Waals surface area contributed by atoms with E-state index in [0.717, 1.165) is 24.0 Å². The molecule has 0 atom stereocenters. The number of fused-ring (bicyclic) bond motifs is 1. The lowest BCUT2D eigenvalue weighted by atomic mass is 10.1. The van der Waals surface area contributed by atoms with Gasteiger partial charge in [0.05, 0.1) is 12.6 Å². The maximum atomic E-state index is 13.9. The summed E-state index contributed by atoms with van der Waals surface area (Å²) in [6.45, 7) is 9.78. The Labute approximate surface area is 126 Å². The Morgan fingerprint density at radius 3 is 2.33 bits per heavy atom. The molecule has 116 valence electrons. The molecule has 0 spiro atoms. The first-order valence-corrected chi connectivity index (χ1v) is 7.53. The molecule has 0 aromatic carbocycles. The first-order chi connectivity index (χ1) is 9.95. The predicted molar refractivity (Wildman–Crippen MR) is 84.6 cm³/mol. The highest BCUT2D eigenvalue weighted by Gasteiger charge is 2.16. The molecule has 0 radical (unpaired) electrons. The van der Waals surface area contributed by atoms with Gasteiger partial charge in [-0.05, 0) is 51.8 Å². The van der Waals surface area contributed by atoms with E-state index in [-0.39, 0.29) is 5.82 Å². The van der Waals surface area contributed by atoms with Gasteiger partial charge in [-0.1, -0.05) is 0 Å². The number of nitrogens with zero attached hydrogens (tertiary/aromatic N) is 2. The van der Waals surface area contributed by atoms with Gasteiger partial charge >= 0.3 is 0 Å². The van der Waals surface area contributed by atoms with Gasteiger partial charge < -0.3 is 9.14 Å². The lowest BCUT2D eigenvalue weighted by Gasteiger charge is -2.30. The first kappa shape index (κ1) is 15.8. The number of hydrogen-bond donors (Lipinski definition) is 0. The van der Waals surface area contributed by atoms with Crippen molar-refractivity contribution in [2.75, 3.05) is 13.7 Å². The van der Waals surface area contributed by atoms with Crippen LogP contribution in [0.5, 0.6) is 5.75 Å². The molecular formula is C17H25FN2O. The standard InChI is InChI=1S/C17H25FN2O/c1-12(2)20(13(3)4)11-7-14-6-9-19-10-8-15(18)17(21-5)16(14)19/h6,8-10,12-13H,7,11H2,1-5H3. The largest absolute Gasteiger partial charge is 0.492 e. The third kappa shape index (κ3) is 3.21. The summed E-state index contributed by atoms with van der Waals surface area (Å²) in [6, 6.07) is 4.48. The fourth-order valence-corrected chi connectivity index (χ4v) is 2.97. The van der Waals surface area contributed by atoms with Crippen LogP contribution in [0.3, 0.4) is 0 Å². The molecule has 0 aliphatic carbocycles. The molecule has 0 N–H and O–H groups in total. The summed E-state index contributed by atoms with van der Waals surface area (Å²) < 4.78 is 21.1. The smallest absolute Gasteiger partial charge is 0.178 e. The van der Waals surface area contributed by atoms with Crippen molar-refractivity contribution in [3.05, 3.63) is 35.9 Å². The zero-order valence-corrected chi connectivity index (χ0v) is 13.6. The summed E-state index contributed by atoms with van der Waals surface area (Å²) in [5.74, 6) is 0.0210. The Bertz CT molecular complexity index is 596. The third-order valence-corrected chi connectivity index (χ3v) is 3.98. The lowest BCUT2D eigenvalue weighted by Crippen LogP contribution is -2.38. The Morgan fingerprint density at radius 2 is 1.76 bits per heavy atom. The molecule has 21 heavy (non-hydrogen) atoms. The van der Waals surface area contributed by atoms with Crippen LogP contribution in [0.4, 0.5) is 4.39 Å². The van der Waals surface area contributed by atoms with Crippen molar-refractivity contribution in [3.8, 4) is 5.75 Å². The highest BCUT2D eigenvalue weighted by Crippen LogP contribution is 2.28. The van der Waals surface area contributed by atoms with Crippen molar-refractivity contribution in [2.24, 2.45) is 0 Å². The van der Waals surface area contributed by atoms with Crippen molar-refractivity contribution in [3.63, 3.8) is 0 Å². The van der Waals surface area contributed by atoms with Gasteiger partial charge in [0.2, 0.25) is 0 Å². The molecule has 2 heterocycles. The molecule has 0 aliphatic rings. The van der Waals surface area contributed by atoms with Crippen molar-refractivity contribution in [1.29, 1.82) is 0 Å². The number of rotatable bonds is 6. The number of hydrogen-bond acceptors (Lipinski definition) is 2. The molecule has 0 amide bonds. The maximum absolute atomic E-state index is 13.9. The van der Waals surface area contributed by atoms with E-state index in [4.69, 9.17) is 4.74 Å². The zero-order chi connectivity index (χ0) is 15.6. The van der Waals surface area contributed by atoms with Gasteiger partial charge in [-0.3, -0.25) is 4.90 Å². The van der Waals surface area contributed by atoms with Crippen LogP contribution in [0, 0.1) is 5.82 Å². The Hall–Kier alpha value is -1.55. The van der Waals surface area contributed by atoms with E-state index in [0.29, 0.717) is 17.8 Å². The van der Waals surface area contributed by atoms with Gasteiger partial charge in [-0.25, -0.2) is 4.39 Å². The van der Waals surface area contributed by atoms with Crippen LogP contribution < -0.4 is 4.74 Å². The fraction of sp³-hybridized carbons (Fsp3) is 0.529. The first-order valence-electron chi connectivity index (χ1n) is 7.53. The quantitative estimate of drug-likeness (QED) is 0.806. The minimum Gasteiger partial charge on any atom is -0.492 e. The number of halogens is 1. The minimum atomic E-state index is -0.311. The number of pyridine rings is 1. The predicted octanol–water partition coefficient (Wildman–Crippen LogP) is 3.75. The van der Waals surface area contributed by atoms with Gasteiger partial charge in [0.15, 0.2) is 11.6 Å². The van der Waals surface area contributed by atoms with Gasteiger partial charge in [0, 0.05) is 31.0 Å². The second-order valence-electron chi connectivity index (χ2n) is 5.97. The van der Waals surface area contributed by atoms with Crippen molar-refractivity contribution in [1.82, 2.24) is 9.30 Å².